The molecule has 0 aromatic carbocycles. The van der Waals surface area contributed by atoms with Gasteiger partial charge in [-0.05, 0) is 0 Å². The van der Waals surface area contributed by atoms with Crippen LogP contribution < -0.4 is 15.3 Å². The summed E-state index contributed by atoms with van der Waals surface area (Å²) in [6.45, 7) is 0. The predicted molar refractivity (Wildman–Crippen MR) is 19.5 cm³/mol. The Kier molecular flexibility index (Phi) is 31.0. The number of rotatable bonds is 0. The molecule has 0 N–H and O–H groups in total. The standard InChI is InChI=1S/3CHFO2.Ce/c3*2-1(3)4;/h3*(H,3,4);/q;;;+3/p-3. The molecule has 0 aliphatic carbocycles. The van der Waals surface area contributed by atoms with Crippen LogP contribution in [0.2, 0.25) is 0 Å². The molecule has 0 heterocycles. The summed E-state index contributed by atoms with van der Waals surface area (Å²) in [5, 5.41) is 24.7. The molecule has 0 amide bonds. The summed E-state index contributed by atoms with van der Waals surface area (Å²) in [5.41, 5.74) is 0. The van der Waals surface area contributed by atoms with Crippen LogP contribution in [-0.4, -0.2) is 18.7 Å². The van der Waals surface area contributed by atoms with Gasteiger partial charge in [0, 0.05) is 0 Å². The Hall–Kier alpha value is -0.423. The van der Waals surface area contributed by atoms with Gasteiger partial charge >= 0.3 is 41.7 Å². The molecule has 0 aromatic heterocycles. The molecule has 73 valence electrons. The molecule has 0 fully saturated rings. The smallest absolute Gasteiger partial charge is 0.520 e. The average molecular weight is 329 g/mol. The summed E-state index contributed by atoms with van der Waals surface area (Å²) in [5.74, 6) is 0. The molecule has 0 aliphatic heterocycles. The SMILES string of the molecule is O=C([O-])F.O=C([O-])F.O=C([O-])F.[Ce+3]. The van der Waals surface area contributed by atoms with Crippen molar-refractivity contribution in [2.45, 2.75) is 0 Å². The zero-order chi connectivity index (χ0) is 10.7. The van der Waals surface area contributed by atoms with Gasteiger partial charge in [-0.2, -0.15) is 13.2 Å². The number of carbonyl (C=O) groups is 3. The first-order valence-electron chi connectivity index (χ1n) is 1.79. The van der Waals surface area contributed by atoms with Gasteiger partial charge in [0.1, 0.15) is 0 Å². The molecular formula is C3CeF3O6. The van der Waals surface area contributed by atoms with Crippen molar-refractivity contribution in [2.24, 2.45) is 0 Å². The average Bonchev–Trinajstić information content (AvgIpc) is 1.54. The Bertz CT molecular complexity index is 121. The van der Waals surface area contributed by atoms with Crippen molar-refractivity contribution in [1.29, 1.82) is 0 Å². The first-order chi connectivity index (χ1) is 5.20. The minimum absolute atomic E-state index is 0. The Morgan fingerprint density at radius 3 is 0.692 bits per heavy atom. The molecule has 13 heavy (non-hydrogen) atoms. The minimum atomic E-state index is -2.58. The Balaban J connectivity index is -0.0000000450. The monoisotopic (exact) mass is 329 g/mol. The molecule has 1 radical (unpaired) electrons. The van der Waals surface area contributed by atoms with E-state index in [0.29, 0.717) is 0 Å². The van der Waals surface area contributed by atoms with Crippen LogP contribution >= 0.6 is 0 Å². The van der Waals surface area contributed by atoms with Crippen LogP contribution in [0.15, 0.2) is 0 Å². The predicted octanol–water partition coefficient (Wildman–Crippen LogP) is -2.10. The van der Waals surface area contributed by atoms with Gasteiger partial charge in [-0.15, -0.1) is 0 Å². The molecule has 6 nitrogen and oxygen atoms in total. The van der Waals surface area contributed by atoms with E-state index in [1.807, 2.05) is 0 Å². The summed E-state index contributed by atoms with van der Waals surface area (Å²) < 4.78 is 29.4. The van der Waals surface area contributed by atoms with Gasteiger partial charge in [-0.3, -0.25) is 0 Å². The van der Waals surface area contributed by atoms with Crippen molar-refractivity contribution in [2.75, 3.05) is 0 Å². The largest absolute Gasteiger partial charge is 3.00 e. The Morgan fingerprint density at radius 2 is 0.692 bits per heavy atom. The van der Waals surface area contributed by atoms with E-state index < -0.39 is 18.7 Å². The van der Waals surface area contributed by atoms with Crippen LogP contribution in [0.1, 0.15) is 0 Å². The summed E-state index contributed by atoms with van der Waals surface area (Å²) in [4.78, 5) is 24.7. The first kappa shape index (κ1) is 22.9. The van der Waals surface area contributed by atoms with Crippen molar-refractivity contribution in [3.63, 3.8) is 0 Å². The van der Waals surface area contributed by atoms with Crippen molar-refractivity contribution >= 4 is 18.7 Å². The van der Waals surface area contributed by atoms with Crippen molar-refractivity contribution < 1.29 is 84.6 Å². The van der Waals surface area contributed by atoms with E-state index in [2.05, 4.69) is 0 Å². The fraction of sp³-hybridized carbons (Fsp3) is 0. The number of carboxylic acid groups (broad SMARTS) is 3. The van der Waals surface area contributed by atoms with Crippen LogP contribution in [0.4, 0.5) is 27.6 Å². The van der Waals surface area contributed by atoms with Crippen molar-refractivity contribution in [3.8, 4) is 0 Å². The maximum Gasteiger partial charge on any atom is 3.00 e. The molecule has 0 saturated heterocycles. The van der Waals surface area contributed by atoms with Crippen LogP contribution in [0.5, 0.6) is 0 Å². The van der Waals surface area contributed by atoms with Crippen molar-refractivity contribution in [3.05, 3.63) is 0 Å². The van der Waals surface area contributed by atoms with Gasteiger partial charge < -0.3 is 29.7 Å². The van der Waals surface area contributed by atoms with Gasteiger partial charge in [-0.1, -0.05) is 0 Å². The van der Waals surface area contributed by atoms with Crippen molar-refractivity contribution in [1.82, 2.24) is 0 Å². The van der Waals surface area contributed by atoms with Crippen LogP contribution in [0.25, 0.3) is 0 Å². The summed E-state index contributed by atoms with van der Waals surface area (Å²) in [6, 6.07) is 0. The zero-order valence-electron chi connectivity index (χ0n) is 5.58. The quantitative estimate of drug-likeness (QED) is 0.469. The van der Waals surface area contributed by atoms with Gasteiger partial charge in [0.2, 0.25) is 18.7 Å². The van der Waals surface area contributed by atoms with E-state index in [4.69, 9.17) is 29.7 Å². The third kappa shape index (κ3) is 5920. The summed E-state index contributed by atoms with van der Waals surface area (Å²) in [6.07, 6.45) is -7.75. The van der Waals surface area contributed by atoms with Crippen LogP contribution in [0.3, 0.4) is 0 Å². The van der Waals surface area contributed by atoms with Gasteiger partial charge in [0.05, 0.1) is 0 Å². The molecular weight excluding hydrogens is 329 g/mol. The molecule has 0 bridgehead atoms. The third-order valence-electron chi connectivity index (χ3n) is 0. The maximum atomic E-state index is 9.81. The molecule has 10 heteroatoms. The zero-order valence-corrected chi connectivity index (χ0v) is 8.72. The molecule has 0 aromatic rings. The fourth-order valence-corrected chi connectivity index (χ4v) is 0. The fourth-order valence-electron chi connectivity index (χ4n) is 0. The number of hydrogen-bond donors (Lipinski definition) is 0. The molecule has 0 atom stereocenters. The van der Waals surface area contributed by atoms with Crippen LogP contribution in [-0.2, 0) is 0 Å². The van der Waals surface area contributed by atoms with E-state index in [9.17, 15) is 13.2 Å². The van der Waals surface area contributed by atoms with E-state index in [1.54, 1.807) is 0 Å². The van der Waals surface area contributed by atoms with Gasteiger partial charge in [0.15, 0.2) is 0 Å². The van der Waals surface area contributed by atoms with E-state index in [1.165, 1.54) is 0 Å². The second-order valence-corrected chi connectivity index (χ2v) is 0.713. The topological polar surface area (TPSA) is 120 Å². The molecule has 0 aliphatic rings. The normalized spacial score (nSPS) is 5.77. The number of halogens is 3. The van der Waals surface area contributed by atoms with Crippen LogP contribution in [0, 0.1) is 41.7 Å². The summed E-state index contributed by atoms with van der Waals surface area (Å²) >= 11 is 0. The number of carbonyl (C=O) groups excluding carboxylic acids is 3. The molecule has 0 spiro atoms. The first-order valence-corrected chi connectivity index (χ1v) is 1.79. The summed E-state index contributed by atoms with van der Waals surface area (Å²) in [7, 11) is 0. The minimum Gasteiger partial charge on any atom is -0.520 e. The Morgan fingerprint density at radius 1 is 0.692 bits per heavy atom. The second kappa shape index (κ2) is 17.6. The number of hydrogen-bond acceptors (Lipinski definition) is 6. The van der Waals surface area contributed by atoms with E-state index in [0.717, 1.165) is 0 Å². The van der Waals surface area contributed by atoms with Gasteiger partial charge in [0.25, 0.3) is 0 Å². The maximum absolute atomic E-state index is 9.81. The van der Waals surface area contributed by atoms with E-state index in [-0.39, 0.29) is 41.7 Å². The molecule has 0 unspecified atom stereocenters. The second-order valence-electron chi connectivity index (χ2n) is 0.713. The van der Waals surface area contributed by atoms with Gasteiger partial charge in [-0.25, -0.2) is 0 Å². The molecule has 0 saturated carbocycles. The third-order valence-corrected chi connectivity index (χ3v) is 0. The molecule has 0 rings (SSSR count). The Labute approximate surface area is 103 Å². The van der Waals surface area contributed by atoms with E-state index >= 15 is 0 Å².